The van der Waals surface area contributed by atoms with Crippen LogP contribution in [0, 0.1) is 10.1 Å². The number of hydrogen-bond acceptors (Lipinski definition) is 7. The molecular weight excluding hydrogens is 450 g/mol. The molecule has 0 bridgehead atoms. The molecule has 4 rings (SSSR count). The minimum Gasteiger partial charge on any atom is -0.456 e. The minimum atomic E-state index is -0.485. The molecule has 1 N–H and O–H groups in total. The molecule has 10 heteroatoms. The third-order valence-corrected chi connectivity index (χ3v) is 5.81. The van der Waals surface area contributed by atoms with Gasteiger partial charge in [-0.15, -0.1) is 0 Å². The largest absolute Gasteiger partial charge is 0.456 e. The number of nitrogens with zero attached hydrogens (tertiary/aromatic N) is 2. The van der Waals surface area contributed by atoms with Gasteiger partial charge >= 0.3 is 0 Å². The summed E-state index contributed by atoms with van der Waals surface area (Å²) in [4.78, 5) is 36.1. The third-order valence-electron chi connectivity index (χ3n) is 4.50. The highest BCUT2D eigenvalue weighted by Gasteiger charge is 2.34. The van der Waals surface area contributed by atoms with E-state index in [1.807, 2.05) is 30.3 Å². The lowest BCUT2D eigenvalue weighted by Gasteiger charge is -2.15. The van der Waals surface area contributed by atoms with Crippen LogP contribution in [0.4, 0.5) is 5.69 Å². The number of thiocarbonyl (C=S) groups is 1. The first-order chi connectivity index (χ1) is 15.4. The summed E-state index contributed by atoms with van der Waals surface area (Å²) in [6.07, 6.45) is 1.59. The van der Waals surface area contributed by atoms with Crippen molar-refractivity contribution >= 4 is 51.9 Å². The number of nitrogens with one attached hydrogen (secondary N) is 1. The van der Waals surface area contributed by atoms with Gasteiger partial charge in [0.1, 0.15) is 11.5 Å². The number of rotatable bonds is 6. The Morgan fingerprint density at radius 1 is 1.12 bits per heavy atom. The molecule has 2 aromatic carbocycles. The molecule has 8 nitrogen and oxygen atoms in total. The van der Waals surface area contributed by atoms with Gasteiger partial charge < -0.3 is 4.42 Å². The standard InChI is InChI=1S/C22H15N3O5S2/c26-20(12-14-6-2-1-3-7-14)23-24-21(27)19(32-22(24)31)13-15-10-11-18(30-15)16-8-4-5-9-17(16)25(28)29/h1-11,13H,12H2,(H,23,26). The summed E-state index contributed by atoms with van der Waals surface area (Å²) in [5.41, 5.74) is 3.59. The van der Waals surface area contributed by atoms with Crippen molar-refractivity contribution in [1.82, 2.24) is 10.4 Å². The van der Waals surface area contributed by atoms with Crippen molar-refractivity contribution in [2.75, 3.05) is 0 Å². The van der Waals surface area contributed by atoms with E-state index >= 15 is 0 Å². The van der Waals surface area contributed by atoms with Gasteiger partial charge in [0.05, 0.1) is 21.8 Å². The molecule has 0 unspecified atom stereocenters. The Morgan fingerprint density at radius 3 is 2.59 bits per heavy atom. The Balaban J connectivity index is 1.49. The molecule has 32 heavy (non-hydrogen) atoms. The van der Waals surface area contributed by atoms with Gasteiger partial charge in [0.25, 0.3) is 11.6 Å². The van der Waals surface area contributed by atoms with E-state index in [9.17, 15) is 19.7 Å². The van der Waals surface area contributed by atoms with E-state index < -0.39 is 10.8 Å². The third kappa shape index (κ3) is 4.61. The summed E-state index contributed by atoms with van der Waals surface area (Å²) < 4.78 is 5.89. The SMILES string of the molecule is O=C(Cc1ccccc1)NN1C(=O)C(=Cc2ccc(-c3ccccc3[N+](=O)[O-])o2)SC1=S. The predicted molar refractivity (Wildman–Crippen MR) is 124 cm³/mol. The van der Waals surface area contributed by atoms with E-state index in [0.717, 1.165) is 22.3 Å². The van der Waals surface area contributed by atoms with Crippen LogP contribution >= 0.6 is 24.0 Å². The molecule has 2 heterocycles. The minimum absolute atomic E-state index is 0.0825. The van der Waals surface area contributed by atoms with Crippen LogP contribution in [0.5, 0.6) is 0 Å². The predicted octanol–water partition coefficient (Wildman–Crippen LogP) is 4.33. The monoisotopic (exact) mass is 465 g/mol. The van der Waals surface area contributed by atoms with Gasteiger partial charge in [-0.1, -0.05) is 54.2 Å². The average molecular weight is 466 g/mol. The molecule has 0 radical (unpaired) electrons. The zero-order valence-corrected chi connectivity index (χ0v) is 18.0. The highest BCUT2D eigenvalue weighted by atomic mass is 32.2. The van der Waals surface area contributed by atoms with E-state index in [4.69, 9.17) is 16.6 Å². The Hall–Kier alpha value is -3.76. The average Bonchev–Trinajstić information content (AvgIpc) is 3.35. The zero-order valence-electron chi connectivity index (χ0n) is 16.4. The second-order valence-corrected chi connectivity index (χ2v) is 8.37. The molecule has 0 saturated carbocycles. The van der Waals surface area contributed by atoms with Crippen molar-refractivity contribution in [3.05, 3.63) is 93.1 Å². The van der Waals surface area contributed by atoms with E-state index in [1.54, 1.807) is 30.3 Å². The molecule has 0 aliphatic carbocycles. The van der Waals surface area contributed by atoms with Crippen molar-refractivity contribution in [3.63, 3.8) is 0 Å². The van der Waals surface area contributed by atoms with Crippen LogP contribution in [0.1, 0.15) is 11.3 Å². The van der Waals surface area contributed by atoms with Crippen molar-refractivity contribution < 1.29 is 18.9 Å². The smallest absolute Gasteiger partial charge is 0.285 e. The van der Waals surface area contributed by atoms with Crippen molar-refractivity contribution in [3.8, 4) is 11.3 Å². The van der Waals surface area contributed by atoms with Gasteiger partial charge in [-0.2, -0.15) is 5.01 Å². The Morgan fingerprint density at radius 2 is 1.84 bits per heavy atom. The topological polar surface area (TPSA) is 106 Å². The number of para-hydroxylation sites is 1. The molecule has 160 valence electrons. The first kappa shape index (κ1) is 21.5. The first-order valence-corrected chi connectivity index (χ1v) is 10.6. The molecule has 2 amide bonds. The van der Waals surface area contributed by atoms with E-state index in [-0.39, 0.29) is 27.2 Å². The van der Waals surface area contributed by atoms with Crippen molar-refractivity contribution in [1.29, 1.82) is 0 Å². The summed E-state index contributed by atoms with van der Waals surface area (Å²) in [7, 11) is 0. The number of furan rings is 1. The van der Waals surface area contributed by atoms with Crippen molar-refractivity contribution in [2.24, 2.45) is 0 Å². The van der Waals surface area contributed by atoms with Crippen LogP contribution in [0.15, 0.2) is 76.1 Å². The molecule has 1 fully saturated rings. The number of hydrogen-bond donors (Lipinski definition) is 1. The molecule has 1 aliphatic rings. The van der Waals surface area contributed by atoms with E-state index in [0.29, 0.717) is 17.1 Å². The van der Waals surface area contributed by atoms with Gasteiger partial charge in [-0.25, -0.2) is 0 Å². The quantitative estimate of drug-likeness (QED) is 0.250. The number of amides is 2. The van der Waals surface area contributed by atoms with Gasteiger partial charge in [-0.05, 0) is 36.0 Å². The summed E-state index contributed by atoms with van der Waals surface area (Å²) in [6.45, 7) is 0. The van der Waals surface area contributed by atoms with Gasteiger partial charge in [-0.3, -0.25) is 25.1 Å². The fourth-order valence-corrected chi connectivity index (χ4v) is 4.21. The number of carbonyl (C=O) groups is 2. The fraction of sp³-hybridized carbons (Fsp3) is 0.0455. The summed E-state index contributed by atoms with van der Waals surface area (Å²) in [5.74, 6) is -0.222. The van der Waals surface area contributed by atoms with Gasteiger partial charge in [0.2, 0.25) is 5.91 Å². The van der Waals surface area contributed by atoms with Gasteiger partial charge in [0.15, 0.2) is 4.32 Å². The van der Waals surface area contributed by atoms with Crippen LogP contribution in [0.2, 0.25) is 0 Å². The fourth-order valence-electron chi connectivity index (χ4n) is 3.06. The van der Waals surface area contributed by atoms with Crippen LogP contribution in [-0.4, -0.2) is 26.1 Å². The summed E-state index contributed by atoms with van der Waals surface area (Å²) >= 11 is 6.25. The van der Waals surface area contributed by atoms with E-state index in [1.165, 1.54) is 12.1 Å². The van der Waals surface area contributed by atoms with E-state index in [2.05, 4.69) is 5.43 Å². The Kier molecular flexibility index (Phi) is 6.15. The molecule has 0 spiro atoms. The highest BCUT2D eigenvalue weighted by Crippen LogP contribution is 2.34. The lowest BCUT2D eigenvalue weighted by Crippen LogP contribution is -2.45. The van der Waals surface area contributed by atoms with Crippen LogP contribution in [0.3, 0.4) is 0 Å². The zero-order chi connectivity index (χ0) is 22.7. The van der Waals surface area contributed by atoms with Crippen molar-refractivity contribution in [2.45, 2.75) is 6.42 Å². The molecule has 1 aliphatic heterocycles. The molecule has 3 aromatic rings. The lowest BCUT2D eigenvalue weighted by molar-refractivity contribution is -0.384. The second-order valence-electron chi connectivity index (χ2n) is 6.69. The number of nitro benzene ring substituents is 1. The highest BCUT2D eigenvalue weighted by molar-refractivity contribution is 8.26. The second kappa shape index (κ2) is 9.16. The molecular formula is C22H15N3O5S2. The Bertz CT molecular complexity index is 1250. The first-order valence-electron chi connectivity index (χ1n) is 9.37. The van der Waals surface area contributed by atoms with Crippen LogP contribution in [0.25, 0.3) is 17.4 Å². The number of hydrazine groups is 1. The molecule has 0 atom stereocenters. The summed E-state index contributed by atoms with van der Waals surface area (Å²) in [5, 5.41) is 12.3. The number of carbonyl (C=O) groups excluding carboxylic acids is 2. The Labute approximate surface area is 192 Å². The maximum absolute atomic E-state index is 12.7. The number of benzene rings is 2. The van der Waals surface area contributed by atoms with Gasteiger partial charge in [0, 0.05) is 12.1 Å². The molecule has 1 aromatic heterocycles. The van der Waals surface area contributed by atoms with Crippen LogP contribution in [-0.2, 0) is 16.0 Å². The maximum Gasteiger partial charge on any atom is 0.285 e. The maximum atomic E-state index is 12.7. The lowest BCUT2D eigenvalue weighted by atomic mass is 10.1. The molecule has 1 saturated heterocycles. The number of thioether (sulfide) groups is 1. The summed E-state index contributed by atoms with van der Waals surface area (Å²) in [6, 6.07) is 18.6. The van der Waals surface area contributed by atoms with Crippen LogP contribution < -0.4 is 5.43 Å². The number of nitro groups is 1. The normalized spacial score (nSPS) is 14.8.